The summed E-state index contributed by atoms with van der Waals surface area (Å²) in [5.74, 6) is 5.65. The van der Waals surface area contributed by atoms with Gasteiger partial charge in [-0.3, -0.25) is 4.79 Å². The lowest BCUT2D eigenvalue weighted by atomic mass is 9.87. The first-order chi connectivity index (χ1) is 7.25. The Bertz CT molecular complexity index is 261. The zero-order valence-electron chi connectivity index (χ0n) is 9.47. The third-order valence-corrected chi connectivity index (χ3v) is 2.66. The smallest absolute Gasteiger partial charge is 0.176 e. The van der Waals surface area contributed by atoms with Gasteiger partial charge in [0.15, 0.2) is 5.78 Å². The molecule has 1 rings (SSSR count). The summed E-state index contributed by atoms with van der Waals surface area (Å²) in [5.41, 5.74) is -0.628. The molecule has 3 nitrogen and oxygen atoms in total. The molecular formula is C12H18O3. The minimum Gasteiger partial charge on any atom is -0.381 e. The maximum atomic E-state index is 12.0. The van der Waals surface area contributed by atoms with E-state index in [2.05, 4.69) is 11.8 Å². The Morgan fingerprint density at radius 2 is 2.13 bits per heavy atom. The van der Waals surface area contributed by atoms with E-state index in [0.29, 0.717) is 32.7 Å². The van der Waals surface area contributed by atoms with Crippen molar-refractivity contribution in [3.63, 3.8) is 0 Å². The van der Waals surface area contributed by atoms with E-state index >= 15 is 0 Å². The second-order valence-corrected chi connectivity index (χ2v) is 3.57. The normalized spacial score (nSPS) is 19.1. The molecule has 0 aromatic heterocycles. The van der Waals surface area contributed by atoms with Gasteiger partial charge in [-0.1, -0.05) is 5.92 Å². The standard InChI is InChI=1S/C12H18O3/c1-3-5-6-11(13)12(15-4-2)7-9-14-10-8-12/h4,6-10H2,1-2H3. The number of ether oxygens (including phenoxy) is 2. The molecule has 15 heavy (non-hydrogen) atoms. The highest BCUT2D eigenvalue weighted by Crippen LogP contribution is 2.27. The fourth-order valence-corrected chi connectivity index (χ4v) is 1.81. The lowest BCUT2D eigenvalue weighted by molar-refractivity contribution is -0.156. The molecule has 0 unspecified atom stereocenters. The van der Waals surface area contributed by atoms with Crippen molar-refractivity contribution in [1.29, 1.82) is 0 Å². The number of hydrogen-bond donors (Lipinski definition) is 0. The monoisotopic (exact) mass is 210 g/mol. The Morgan fingerprint density at radius 3 is 2.67 bits per heavy atom. The fraction of sp³-hybridized carbons (Fsp3) is 0.750. The minimum absolute atomic E-state index is 0.0991. The molecular weight excluding hydrogens is 192 g/mol. The number of ketones is 1. The predicted molar refractivity (Wildman–Crippen MR) is 57.5 cm³/mol. The Morgan fingerprint density at radius 1 is 1.47 bits per heavy atom. The van der Waals surface area contributed by atoms with Crippen LogP contribution < -0.4 is 0 Å². The van der Waals surface area contributed by atoms with Crippen molar-refractivity contribution >= 4 is 5.78 Å². The van der Waals surface area contributed by atoms with Gasteiger partial charge in [0.25, 0.3) is 0 Å². The van der Waals surface area contributed by atoms with E-state index in [1.807, 2.05) is 6.92 Å². The third-order valence-electron chi connectivity index (χ3n) is 2.66. The third kappa shape index (κ3) is 3.05. The van der Waals surface area contributed by atoms with Gasteiger partial charge in [-0.2, -0.15) is 0 Å². The van der Waals surface area contributed by atoms with Gasteiger partial charge in [0.1, 0.15) is 5.60 Å². The summed E-state index contributed by atoms with van der Waals surface area (Å²) in [6.45, 7) is 5.42. The van der Waals surface area contributed by atoms with Crippen LogP contribution in [0.5, 0.6) is 0 Å². The van der Waals surface area contributed by atoms with Gasteiger partial charge >= 0.3 is 0 Å². The molecule has 0 bridgehead atoms. The van der Waals surface area contributed by atoms with Crippen molar-refractivity contribution in [2.45, 2.75) is 38.7 Å². The zero-order chi connectivity index (χ0) is 11.1. The number of carbonyl (C=O) groups is 1. The quantitative estimate of drug-likeness (QED) is 0.660. The summed E-state index contributed by atoms with van der Waals surface area (Å²) in [6, 6.07) is 0. The Hall–Kier alpha value is -0.850. The molecule has 1 aliphatic rings. The van der Waals surface area contributed by atoms with Crippen LogP contribution in [0.4, 0.5) is 0 Å². The largest absolute Gasteiger partial charge is 0.381 e. The van der Waals surface area contributed by atoms with Crippen molar-refractivity contribution in [2.75, 3.05) is 19.8 Å². The van der Waals surface area contributed by atoms with E-state index < -0.39 is 5.60 Å². The fourth-order valence-electron chi connectivity index (χ4n) is 1.81. The zero-order valence-corrected chi connectivity index (χ0v) is 9.47. The summed E-state index contributed by atoms with van der Waals surface area (Å²) in [7, 11) is 0. The highest BCUT2D eigenvalue weighted by atomic mass is 16.5. The van der Waals surface area contributed by atoms with Crippen LogP contribution >= 0.6 is 0 Å². The van der Waals surface area contributed by atoms with Gasteiger partial charge in [-0.05, 0) is 13.8 Å². The Kier molecular flexibility index (Phi) is 4.80. The molecule has 3 heteroatoms. The molecule has 0 aromatic rings. The van der Waals surface area contributed by atoms with Crippen molar-refractivity contribution < 1.29 is 14.3 Å². The molecule has 0 saturated carbocycles. The van der Waals surface area contributed by atoms with Crippen LogP contribution in [0.2, 0.25) is 0 Å². The summed E-state index contributed by atoms with van der Waals surface area (Å²) in [6.07, 6.45) is 1.60. The molecule has 0 N–H and O–H groups in total. The lowest BCUT2D eigenvalue weighted by Crippen LogP contribution is -2.46. The van der Waals surface area contributed by atoms with E-state index in [1.165, 1.54) is 0 Å². The van der Waals surface area contributed by atoms with Crippen LogP contribution in [0.3, 0.4) is 0 Å². The lowest BCUT2D eigenvalue weighted by Gasteiger charge is -2.34. The van der Waals surface area contributed by atoms with Gasteiger partial charge in [-0.25, -0.2) is 0 Å². The number of carbonyl (C=O) groups excluding carboxylic acids is 1. The topological polar surface area (TPSA) is 35.5 Å². The molecule has 1 heterocycles. The minimum atomic E-state index is -0.628. The van der Waals surface area contributed by atoms with Gasteiger partial charge in [0, 0.05) is 32.7 Å². The molecule has 1 saturated heterocycles. The van der Waals surface area contributed by atoms with Crippen molar-refractivity contribution in [3.05, 3.63) is 0 Å². The van der Waals surface area contributed by atoms with E-state index in [4.69, 9.17) is 9.47 Å². The average Bonchev–Trinajstić information content (AvgIpc) is 2.27. The van der Waals surface area contributed by atoms with Gasteiger partial charge in [-0.15, -0.1) is 5.92 Å². The molecule has 0 spiro atoms. The summed E-state index contributed by atoms with van der Waals surface area (Å²) in [5, 5.41) is 0. The van der Waals surface area contributed by atoms with Crippen LogP contribution in [0.1, 0.15) is 33.1 Å². The maximum Gasteiger partial charge on any atom is 0.176 e. The van der Waals surface area contributed by atoms with Crippen LogP contribution in [-0.2, 0) is 14.3 Å². The van der Waals surface area contributed by atoms with E-state index in [-0.39, 0.29) is 12.2 Å². The van der Waals surface area contributed by atoms with Crippen LogP contribution in [0, 0.1) is 11.8 Å². The van der Waals surface area contributed by atoms with Crippen molar-refractivity contribution in [1.82, 2.24) is 0 Å². The molecule has 0 radical (unpaired) electrons. The number of rotatable bonds is 4. The molecule has 0 amide bonds. The van der Waals surface area contributed by atoms with Crippen LogP contribution in [0.25, 0.3) is 0 Å². The SMILES string of the molecule is CC#CCC(=O)C1(OCC)CCOCC1. The second kappa shape index (κ2) is 5.89. The molecule has 0 atom stereocenters. The van der Waals surface area contributed by atoms with E-state index in [9.17, 15) is 4.79 Å². The van der Waals surface area contributed by atoms with Gasteiger partial charge in [0.05, 0.1) is 6.42 Å². The first-order valence-corrected chi connectivity index (χ1v) is 5.40. The summed E-state index contributed by atoms with van der Waals surface area (Å²) < 4.78 is 10.9. The molecule has 1 aliphatic heterocycles. The molecule has 0 aromatic carbocycles. The average molecular weight is 210 g/mol. The van der Waals surface area contributed by atoms with Gasteiger partial charge in [0.2, 0.25) is 0 Å². The van der Waals surface area contributed by atoms with E-state index in [0.717, 1.165) is 0 Å². The second-order valence-electron chi connectivity index (χ2n) is 3.57. The highest BCUT2D eigenvalue weighted by Gasteiger charge is 2.39. The van der Waals surface area contributed by atoms with E-state index in [1.54, 1.807) is 6.92 Å². The highest BCUT2D eigenvalue weighted by molar-refractivity contribution is 5.89. The van der Waals surface area contributed by atoms with Gasteiger partial charge < -0.3 is 9.47 Å². The summed E-state index contributed by atoms with van der Waals surface area (Å²) >= 11 is 0. The maximum absolute atomic E-state index is 12.0. The Balaban J connectivity index is 2.68. The molecule has 1 fully saturated rings. The molecule has 84 valence electrons. The summed E-state index contributed by atoms with van der Waals surface area (Å²) in [4.78, 5) is 12.0. The first kappa shape index (κ1) is 12.2. The van der Waals surface area contributed by atoms with Crippen molar-refractivity contribution in [3.8, 4) is 11.8 Å². The first-order valence-electron chi connectivity index (χ1n) is 5.40. The molecule has 0 aliphatic carbocycles. The van der Waals surface area contributed by atoms with Crippen LogP contribution in [0.15, 0.2) is 0 Å². The number of Topliss-reactive ketones (excluding diaryl/α,β-unsaturated/α-hetero) is 1. The Labute approximate surface area is 91.1 Å². The predicted octanol–water partition coefficient (Wildman–Crippen LogP) is 1.55. The van der Waals surface area contributed by atoms with Crippen LogP contribution in [-0.4, -0.2) is 31.2 Å². The van der Waals surface area contributed by atoms with Crippen molar-refractivity contribution in [2.24, 2.45) is 0 Å². The number of hydrogen-bond acceptors (Lipinski definition) is 3.